The summed E-state index contributed by atoms with van der Waals surface area (Å²) in [5.74, 6) is -1.32. The maximum absolute atomic E-state index is 11.7. The van der Waals surface area contributed by atoms with E-state index in [2.05, 4.69) is 0 Å². The van der Waals surface area contributed by atoms with Gasteiger partial charge in [-0.2, -0.15) is 0 Å². The van der Waals surface area contributed by atoms with E-state index in [4.69, 9.17) is 10.7 Å². The second kappa shape index (κ2) is 4.37. The van der Waals surface area contributed by atoms with Crippen LogP contribution in [0.15, 0.2) is 23.1 Å². The molecule has 1 aromatic carbocycles. The molecule has 0 aromatic heterocycles. The van der Waals surface area contributed by atoms with E-state index < -0.39 is 20.7 Å². The van der Waals surface area contributed by atoms with Gasteiger partial charge in [0.25, 0.3) is 20.7 Å². The van der Waals surface area contributed by atoms with Crippen LogP contribution >= 0.6 is 10.7 Å². The van der Waals surface area contributed by atoms with Crippen LogP contribution in [0.2, 0.25) is 0 Å². The summed E-state index contributed by atoms with van der Waals surface area (Å²) in [6.45, 7) is 2.30. The Balaban J connectivity index is 2.57. The van der Waals surface area contributed by atoms with Crippen molar-refractivity contribution in [1.29, 1.82) is 0 Å². The Hall–Kier alpha value is -1.40. The first kappa shape index (κ1) is 13.0. The van der Waals surface area contributed by atoms with Crippen molar-refractivity contribution in [2.75, 3.05) is 11.4 Å². The van der Waals surface area contributed by atoms with E-state index >= 15 is 0 Å². The smallest absolute Gasteiger partial charge is 0.299 e. The summed E-state index contributed by atoms with van der Waals surface area (Å²) in [7, 11) is 1.30. The van der Waals surface area contributed by atoms with Gasteiger partial charge in [0.15, 0.2) is 0 Å². The monoisotopic (exact) mass is 287 g/mol. The van der Waals surface area contributed by atoms with Crippen LogP contribution in [-0.2, 0) is 13.8 Å². The fourth-order valence-electron chi connectivity index (χ4n) is 1.88. The number of hydrogen-bond donors (Lipinski definition) is 0. The third kappa shape index (κ3) is 2.02. The molecule has 1 amide bonds. The number of halogens is 1. The third-order valence-corrected chi connectivity index (χ3v) is 4.02. The lowest BCUT2D eigenvalue weighted by Crippen LogP contribution is -2.30. The number of ketones is 1. The van der Waals surface area contributed by atoms with E-state index in [0.29, 0.717) is 18.7 Å². The lowest BCUT2D eigenvalue weighted by atomic mass is 10.1. The van der Waals surface area contributed by atoms with Gasteiger partial charge in [-0.1, -0.05) is 6.92 Å². The van der Waals surface area contributed by atoms with E-state index in [-0.39, 0.29) is 10.5 Å². The van der Waals surface area contributed by atoms with Crippen LogP contribution in [-0.4, -0.2) is 26.7 Å². The maximum Gasteiger partial charge on any atom is 0.299 e. The molecule has 0 spiro atoms. The zero-order valence-electron chi connectivity index (χ0n) is 9.51. The Bertz CT molecular complexity index is 638. The molecule has 96 valence electrons. The minimum Gasteiger partial charge on any atom is -0.305 e. The number of rotatable bonds is 3. The normalized spacial score (nSPS) is 15.1. The first-order valence-corrected chi connectivity index (χ1v) is 7.62. The molecule has 18 heavy (non-hydrogen) atoms. The topological polar surface area (TPSA) is 71.5 Å². The number of carbonyl (C=O) groups excluding carboxylic acids is 2. The van der Waals surface area contributed by atoms with Gasteiger partial charge in [-0.05, 0) is 24.6 Å². The average molecular weight is 288 g/mol. The van der Waals surface area contributed by atoms with Gasteiger partial charge in [-0.25, -0.2) is 8.42 Å². The molecule has 0 unspecified atom stereocenters. The summed E-state index contributed by atoms with van der Waals surface area (Å²) in [5.41, 5.74) is 0.533. The van der Waals surface area contributed by atoms with Crippen LogP contribution in [0.25, 0.3) is 0 Å². The van der Waals surface area contributed by atoms with Gasteiger partial charge in [0.2, 0.25) is 0 Å². The van der Waals surface area contributed by atoms with E-state index in [1.807, 2.05) is 6.92 Å². The molecule has 0 aliphatic carbocycles. The predicted octanol–water partition coefficient (Wildman–Crippen LogP) is 1.55. The minimum atomic E-state index is -3.90. The molecule has 2 rings (SSSR count). The molecule has 0 bridgehead atoms. The van der Waals surface area contributed by atoms with E-state index in [1.54, 1.807) is 0 Å². The first-order valence-electron chi connectivity index (χ1n) is 5.31. The number of benzene rings is 1. The number of anilines is 1. The average Bonchev–Trinajstić information content (AvgIpc) is 2.54. The van der Waals surface area contributed by atoms with Crippen LogP contribution in [0.3, 0.4) is 0 Å². The molecular weight excluding hydrogens is 278 g/mol. The van der Waals surface area contributed by atoms with Crippen LogP contribution < -0.4 is 4.90 Å². The van der Waals surface area contributed by atoms with Crippen molar-refractivity contribution >= 4 is 37.1 Å². The van der Waals surface area contributed by atoms with Gasteiger partial charge in [-0.15, -0.1) is 0 Å². The SMILES string of the molecule is CCCN1C(=O)C(=O)c2cc(S(=O)(=O)Cl)ccc21. The van der Waals surface area contributed by atoms with Gasteiger partial charge in [0, 0.05) is 17.2 Å². The van der Waals surface area contributed by atoms with Gasteiger partial charge in [0.1, 0.15) is 0 Å². The molecule has 0 atom stereocenters. The highest BCUT2D eigenvalue weighted by molar-refractivity contribution is 8.13. The predicted molar refractivity (Wildman–Crippen MR) is 66.5 cm³/mol. The van der Waals surface area contributed by atoms with Crippen molar-refractivity contribution < 1.29 is 18.0 Å². The van der Waals surface area contributed by atoms with Crippen LogP contribution in [0, 0.1) is 0 Å². The third-order valence-electron chi connectivity index (χ3n) is 2.67. The summed E-state index contributed by atoms with van der Waals surface area (Å²) in [6.07, 6.45) is 0.702. The number of amides is 1. The van der Waals surface area contributed by atoms with Crippen molar-refractivity contribution in [3.63, 3.8) is 0 Å². The Morgan fingerprint density at radius 3 is 2.50 bits per heavy atom. The summed E-state index contributed by atoms with van der Waals surface area (Å²) in [5, 5.41) is 0. The Morgan fingerprint density at radius 2 is 1.94 bits per heavy atom. The molecule has 0 N–H and O–H groups in total. The molecule has 1 aliphatic rings. The summed E-state index contributed by atoms with van der Waals surface area (Å²) in [6, 6.07) is 3.87. The van der Waals surface area contributed by atoms with E-state index in [0.717, 1.165) is 6.07 Å². The van der Waals surface area contributed by atoms with Crippen molar-refractivity contribution in [3.05, 3.63) is 23.8 Å². The zero-order valence-corrected chi connectivity index (χ0v) is 11.1. The molecule has 1 aliphatic heterocycles. The zero-order chi connectivity index (χ0) is 13.5. The molecule has 0 radical (unpaired) electrons. The van der Waals surface area contributed by atoms with Gasteiger partial charge < -0.3 is 4.90 Å². The van der Waals surface area contributed by atoms with Crippen LogP contribution in [0.4, 0.5) is 5.69 Å². The number of fused-ring (bicyclic) bond motifs is 1. The van der Waals surface area contributed by atoms with Crippen molar-refractivity contribution in [2.45, 2.75) is 18.2 Å². The molecule has 1 heterocycles. The summed E-state index contributed by atoms with van der Waals surface area (Å²) >= 11 is 0. The number of nitrogens with zero attached hydrogens (tertiary/aromatic N) is 1. The lowest BCUT2D eigenvalue weighted by Gasteiger charge is -2.14. The molecule has 1 aromatic rings. The molecule has 0 saturated heterocycles. The second-order valence-electron chi connectivity index (χ2n) is 3.90. The van der Waals surface area contributed by atoms with E-state index in [9.17, 15) is 18.0 Å². The quantitative estimate of drug-likeness (QED) is 0.625. The molecule has 7 heteroatoms. The summed E-state index contributed by atoms with van der Waals surface area (Å²) in [4.78, 5) is 24.6. The highest BCUT2D eigenvalue weighted by atomic mass is 35.7. The fourth-order valence-corrected chi connectivity index (χ4v) is 2.65. The van der Waals surface area contributed by atoms with Crippen molar-refractivity contribution in [1.82, 2.24) is 0 Å². The first-order chi connectivity index (χ1) is 8.36. The Kier molecular flexibility index (Phi) is 3.16. The highest BCUT2D eigenvalue weighted by Crippen LogP contribution is 2.31. The standard InChI is InChI=1S/C11H10ClNO4S/c1-2-5-13-9-4-3-7(18(12,16)17)6-8(9)10(14)11(13)15/h3-4,6H,2,5H2,1H3. The van der Waals surface area contributed by atoms with Crippen molar-refractivity contribution in [2.24, 2.45) is 0 Å². The van der Waals surface area contributed by atoms with Gasteiger partial charge in [-0.3, -0.25) is 9.59 Å². The largest absolute Gasteiger partial charge is 0.305 e. The Labute approximate surface area is 109 Å². The fraction of sp³-hybridized carbons (Fsp3) is 0.273. The molecule has 0 fully saturated rings. The van der Waals surface area contributed by atoms with Crippen LogP contribution in [0.5, 0.6) is 0 Å². The molecule has 0 saturated carbocycles. The highest BCUT2D eigenvalue weighted by Gasteiger charge is 2.35. The maximum atomic E-state index is 11.7. The Morgan fingerprint density at radius 1 is 1.28 bits per heavy atom. The lowest BCUT2D eigenvalue weighted by molar-refractivity contribution is -0.114. The van der Waals surface area contributed by atoms with Gasteiger partial charge in [0.05, 0.1) is 16.1 Å². The van der Waals surface area contributed by atoms with Crippen molar-refractivity contribution in [3.8, 4) is 0 Å². The van der Waals surface area contributed by atoms with Gasteiger partial charge >= 0.3 is 0 Å². The van der Waals surface area contributed by atoms with E-state index in [1.165, 1.54) is 17.0 Å². The second-order valence-corrected chi connectivity index (χ2v) is 6.47. The number of carbonyl (C=O) groups is 2. The molecular formula is C11H10ClNO4S. The number of hydrogen-bond acceptors (Lipinski definition) is 4. The minimum absolute atomic E-state index is 0.0928. The number of Topliss-reactive ketones (excluding diaryl/α,β-unsaturated/α-hetero) is 1. The summed E-state index contributed by atoms with van der Waals surface area (Å²) < 4.78 is 22.4. The molecule has 5 nitrogen and oxygen atoms in total. The van der Waals surface area contributed by atoms with Crippen LogP contribution in [0.1, 0.15) is 23.7 Å².